The number of methoxy groups -OCH3 is 2. The van der Waals surface area contributed by atoms with Crippen LogP contribution in [-0.4, -0.2) is 31.1 Å². The minimum absolute atomic E-state index is 0.0344. The van der Waals surface area contributed by atoms with Crippen molar-refractivity contribution >= 4 is 23.4 Å². The minimum atomic E-state index is -1.59. The molecule has 0 atom stereocenters. The average Bonchev–Trinajstić information content (AvgIpc) is 2.36. The van der Waals surface area contributed by atoms with E-state index in [2.05, 4.69) is 0 Å². The van der Waals surface area contributed by atoms with Gasteiger partial charge >= 0.3 is 5.97 Å². The molecule has 0 bridgehead atoms. The second kappa shape index (κ2) is 5.73. The van der Waals surface area contributed by atoms with Gasteiger partial charge in [0.2, 0.25) is 0 Å². The number of aryl methyl sites for hydroxylation is 1. The van der Waals surface area contributed by atoms with E-state index in [1.807, 2.05) is 6.92 Å². The molecule has 0 fully saturated rings. The summed E-state index contributed by atoms with van der Waals surface area (Å²) in [6.45, 7) is 1.84. The lowest BCUT2D eigenvalue weighted by Gasteiger charge is -2.15. The average molecular weight is 273 g/mol. The van der Waals surface area contributed by atoms with Crippen LogP contribution in [0.5, 0.6) is 11.5 Å². The van der Waals surface area contributed by atoms with Crippen LogP contribution in [0.2, 0.25) is 5.02 Å². The Morgan fingerprint density at radius 2 is 1.94 bits per heavy atom. The van der Waals surface area contributed by atoms with Gasteiger partial charge in [0, 0.05) is 0 Å². The number of carboxylic acids is 1. The summed E-state index contributed by atoms with van der Waals surface area (Å²) in [5.74, 6) is -2.40. The first kappa shape index (κ1) is 14.3. The zero-order chi connectivity index (χ0) is 13.9. The topological polar surface area (TPSA) is 72.8 Å². The van der Waals surface area contributed by atoms with Gasteiger partial charge in [-0.2, -0.15) is 0 Å². The molecule has 1 N–H and O–H groups in total. The summed E-state index contributed by atoms with van der Waals surface area (Å²) in [5.41, 5.74) is 0.446. The summed E-state index contributed by atoms with van der Waals surface area (Å²) in [7, 11) is 2.72. The first-order valence-electron chi connectivity index (χ1n) is 5.18. The van der Waals surface area contributed by atoms with Crippen LogP contribution < -0.4 is 9.47 Å². The molecule has 0 radical (unpaired) electrons. The van der Waals surface area contributed by atoms with Crippen molar-refractivity contribution < 1.29 is 24.2 Å². The predicted octanol–water partition coefficient (Wildman–Crippen LogP) is 2.19. The Balaban J connectivity index is 3.63. The number of ether oxygens (including phenoxy) is 2. The summed E-state index contributed by atoms with van der Waals surface area (Å²) in [5, 5.41) is 8.89. The molecule has 0 aromatic heterocycles. The number of aliphatic carboxylic acids is 1. The van der Waals surface area contributed by atoms with Crippen molar-refractivity contribution in [3.8, 4) is 11.5 Å². The van der Waals surface area contributed by atoms with Crippen molar-refractivity contribution in [2.24, 2.45) is 0 Å². The first-order chi connectivity index (χ1) is 8.47. The second-order valence-electron chi connectivity index (χ2n) is 3.45. The van der Waals surface area contributed by atoms with Crippen molar-refractivity contribution in [1.29, 1.82) is 0 Å². The molecule has 0 amide bonds. The number of ketones is 1. The van der Waals surface area contributed by atoms with Crippen LogP contribution in [0.4, 0.5) is 0 Å². The van der Waals surface area contributed by atoms with E-state index in [-0.39, 0.29) is 22.1 Å². The molecule has 6 heteroatoms. The number of carboxylic acid groups (broad SMARTS) is 1. The summed E-state index contributed by atoms with van der Waals surface area (Å²) >= 11 is 6.04. The van der Waals surface area contributed by atoms with E-state index < -0.39 is 11.8 Å². The van der Waals surface area contributed by atoms with Gasteiger partial charge in [0.15, 0.2) is 11.5 Å². The molecular weight excluding hydrogens is 260 g/mol. The highest BCUT2D eigenvalue weighted by Gasteiger charge is 2.27. The fourth-order valence-electron chi connectivity index (χ4n) is 1.59. The van der Waals surface area contributed by atoms with Gasteiger partial charge in [0.1, 0.15) is 0 Å². The predicted molar refractivity (Wildman–Crippen MR) is 65.9 cm³/mol. The van der Waals surface area contributed by atoms with E-state index in [1.165, 1.54) is 14.2 Å². The number of carbonyl (C=O) groups excluding carboxylic acids is 1. The summed E-state index contributed by atoms with van der Waals surface area (Å²) in [4.78, 5) is 22.5. The van der Waals surface area contributed by atoms with Crippen LogP contribution in [0.1, 0.15) is 22.8 Å². The molecule has 98 valence electrons. The third-order valence-electron chi connectivity index (χ3n) is 2.48. The molecular formula is C12H13ClO5. The Kier molecular flexibility index (Phi) is 4.55. The van der Waals surface area contributed by atoms with Crippen molar-refractivity contribution in [1.82, 2.24) is 0 Å². The molecule has 0 saturated carbocycles. The van der Waals surface area contributed by atoms with E-state index >= 15 is 0 Å². The van der Waals surface area contributed by atoms with Crippen LogP contribution in [0, 0.1) is 0 Å². The standard InChI is InChI=1S/C12H13ClO5/c1-4-6-5-7(17-2)11(18-3)8(9(6)13)10(14)12(15)16/h5H,4H2,1-3H3,(H,15,16). The summed E-state index contributed by atoms with van der Waals surface area (Å²) < 4.78 is 10.1. The Hall–Kier alpha value is -1.75. The van der Waals surface area contributed by atoms with Crippen LogP contribution in [0.25, 0.3) is 0 Å². The number of rotatable bonds is 5. The van der Waals surface area contributed by atoms with E-state index in [0.29, 0.717) is 12.0 Å². The SMILES string of the molecule is CCc1cc(OC)c(OC)c(C(=O)C(=O)O)c1Cl. The molecule has 0 aliphatic rings. The molecule has 0 heterocycles. The monoisotopic (exact) mass is 272 g/mol. The van der Waals surface area contributed by atoms with E-state index in [0.717, 1.165) is 0 Å². The first-order valence-corrected chi connectivity index (χ1v) is 5.56. The molecule has 5 nitrogen and oxygen atoms in total. The number of halogens is 1. The molecule has 0 unspecified atom stereocenters. The van der Waals surface area contributed by atoms with Crippen LogP contribution in [0.3, 0.4) is 0 Å². The third kappa shape index (κ3) is 2.41. The largest absolute Gasteiger partial charge is 0.493 e. The maximum absolute atomic E-state index is 11.7. The summed E-state index contributed by atoms with van der Waals surface area (Å²) in [6, 6.07) is 1.62. The Bertz CT molecular complexity index is 496. The van der Waals surface area contributed by atoms with Crippen molar-refractivity contribution in [3.05, 3.63) is 22.2 Å². The molecule has 0 aliphatic carbocycles. The zero-order valence-electron chi connectivity index (χ0n) is 10.2. The zero-order valence-corrected chi connectivity index (χ0v) is 11.0. The normalized spacial score (nSPS) is 10.0. The van der Waals surface area contributed by atoms with Gasteiger partial charge in [-0.1, -0.05) is 18.5 Å². The van der Waals surface area contributed by atoms with E-state index in [1.54, 1.807) is 6.07 Å². The van der Waals surface area contributed by atoms with Gasteiger partial charge < -0.3 is 14.6 Å². The molecule has 0 spiro atoms. The lowest BCUT2D eigenvalue weighted by atomic mass is 10.0. The van der Waals surface area contributed by atoms with Gasteiger partial charge in [-0.15, -0.1) is 0 Å². The van der Waals surface area contributed by atoms with Crippen LogP contribution in [0.15, 0.2) is 6.07 Å². The second-order valence-corrected chi connectivity index (χ2v) is 3.83. The highest BCUT2D eigenvalue weighted by molar-refractivity contribution is 6.46. The number of hydrogen-bond donors (Lipinski definition) is 1. The molecule has 0 aliphatic heterocycles. The maximum Gasteiger partial charge on any atom is 0.377 e. The third-order valence-corrected chi connectivity index (χ3v) is 2.92. The number of benzene rings is 1. The van der Waals surface area contributed by atoms with E-state index in [4.69, 9.17) is 26.2 Å². The van der Waals surface area contributed by atoms with Crippen molar-refractivity contribution in [2.45, 2.75) is 13.3 Å². The molecule has 1 aromatic carbocycles. The number of hydrogen-bond acceptors (Lipinski definition) is 4. The van der Waals surface area contributed by atoms with Gasteiger partial charge in [-0.05, 0) is 18.1 Å². The Morgan fingerprint density at radius 1 is 1.33 bits per heavy atom. The number of carbonyl (C=O) groups is 2. The van der Waals surface area contributed by atoms with Gasteiger partial charge in [0.05, 0.1) is 24.8 Å². The quantitative estimate of drug-likeness (QED) is 0.657. The van der Waals surface area contributed by atoms with Crippen molar-refractivity contribution in [2.75, 3.05) is 14.2 Å². The lowest BCUT2D eigenvalue weighted by Crippen LogP contribution is -2.15. The van der Waals surface area contributed by atoms with Crippen molar-refractivity contribution in [3.63, 3.8) is 0 Å². The lowest BCUT2D eigenvalue weighted by molar-refractivity contribution is -0.131. The number of Topliss-reactive ketones (excluding diaryl/α,β-unsaturated/α-hetero) is 1. The smallest absolute Gasteiger partial charge is 0.377 e. The maximum atomic E-state index is 11.7. The van der Waals surface area contributed by atoms with Crippen LogP contribution >= 0.6 is 11.6 Å². The summed E-state index contributed by atoms with van der Waals surface area (Å²) in [6.07, 6.45) is 0.541. The highest BCUT2D eigenvalue weighted by atomic mass is 35.5. The molecule has 1 rings (SSSR count). The minimum Gasteiger partial charge on any atom is -0.493 e. The molecule has 0 saturated heterocycles. The van der Waals surface area contributed by atoms with Gasteiger partial charge in [-0.3, -0.25) is 4.79 Å². The molecule has 18 heavy (non-hydrogen) atoms. The fourth-order valence-corrected chi connectivity index (χ4v) is 1.95. The van der Waals surface area contributed by atoms with Gasteiger partial charge in [-0.25, -0.2) is 4.79 Å². The Labute approximate surface area is 109 Å². The van der Waals surface area contributed by atoms with Crippen LogP contribution in [-0.2, 0) is 11.2 Å². The highest BCUT2D eigenvalue weighted by Crippen LogP contribution is 2.39. The fraction of sp³-hybridized carbons (Fsp3) is 0.333. The van der Waals surface area contributed by atoms with E-state index in [9.17, 15) is 9.59 Å². The Morgan fingerprint density at radius 3 is 2.33 bits per heavy atom. The van der Waals surface area contributed by atoms with Gasteiger partial charge in [0.25, 0.3) is 5.78 Å². The molecule has 1 aromatic rings.